The number of benzene rings is 3. The molecule has 0 saturated heterocycles. The maximum atomic E-state index is 13.5. The number of thioether (sulfide) groups is 1. The molecule has 0 unspecified atom stereocenters. The predicted octanol–water partition coefficient (Wildman–Crippen LogP) is 6.27. The van der Waals surface area contributed by atoms with Crippen LogP contribution in [-0.2, 0) is 28.3 Å². The summed E-state index contributed by atoms with van der Waals surface area (Å²) in [5.41, 5.74) is 2.72. The summed E-state index contributed by atoms with van der Waals surface area (Å²) in [6, 6.07) is 21.8. The Kier molecular flexibility index (Phi) is 10.1. The number of nitrogens with one attached hydrogen (secondary N) is 1. The molecule has 3 rings (SSSR count). The summed E-state index contributed by atoms with van der Waals surface area (Å²) in [5.74, 6) is 0.422. The van der Waals surface area contributed by atoms with E-state index in [1.165, 1.54) is 11.8 Å². The summed E-state index contributed by atoms with van der Waals surface area (Å²) in [5, 5.41) is 4.22. The number of halogens is 3. The van der Waals surface area contributed by atoms with E-state index in [4.69, 9.17) is 34.8 Å². The lowest BCUT2D eigenvalue weighted by Crippen LogP contribution is -2.50. The Bertz CT molecular complexity index is 1130. The average Bonchev–Trinajstić information content (AvgIpc) is 2.84. The second kappa shape index (κ2) is 13.1. The lowest BCUT2D eigenvalue weighted by molar-refractivity contribution is -0.139. The van der Waals surface area contributed by atoms with E-state index in [1.807, 2.05) is 60.7 Å². The van der Waals surface area contributed by atoms with Gasteiger partial charge in [0.25, 0.3) is 0 Å². The number of nitrogens with zero attached hydrogens (tertiary/aromatic N) is 1. The minimum Gasteiger partial charge on any atom is -0.357 e. The molecule has 178 valence electrons. The summed E-state index contributed by atoms with van der Waals surface area (Å²) < 4.78 is 0. The van der Waals surface area contributed by atoms with Crippen molar-refractivity contribution in [1.29, 1.82) is 0 Å². The summed E-state index contributed by atoms with van der Waals surface area (Å²) in [6.07, 6.45) is 0.392. The van der Waals surface area contributed by atoms with Gasteiger partial charge < -0.3 is 10.2 Å². The molecule has 0 aliphatic rings. The van der Waals surface area contributed by atoms with Crippen LogP contribution >= 0.6 is 46.6 Å². The highest BCUT2D eigenvalue weighted by molar-refractivity contribution is 7.99. The zero-order chi connectivity index (χ0) is 24.5. The molecular formula is C26H25Cl3N2O2S. The molecule has 2 amide bonds. The summed E-state index contributed by atoms with van der Waals surface area (Å²) >= 11 is 20.0. The molecule has 0 heterocycles. The lowest BCUT2D eigenvalue weighted by Gasteiger charge is -2.31. The molecule has 0 aliphatic carbocycles. The third kappa shape index (κ3) is 7.41. The van der Waals surface area contributed by atoms with E-state index < -0.39 is 6.04 Å². The Morgan fingerprint density at radius 1 is 0.882 bits per heavy atom. The number of rotatable bonds is 10. The van der Waals surface area contributed by atoms with Crippen molar-refractivity contribution in [1.82, 2.24) is 10.2 Å². The van der Waals surface area contributed by atoms with E-state index in [0.29, 0.717) is 27.2 Å². The Labute approximate surface area is 219 Å². The predicted molar refractivity (Wildman–Crippen MR) is 143 cm³/mol. The zero-order valence-electron chi connectivity index (χ0n) is 18.6. The van der Waals surface area contributed by atoms with Gasteiger partial charge >= 0.3 is 0 Å². The van der Waals surface area contributed by atoms with Gasteiger partial charge in [-0.1, -0.05) is 89.4 Å². The fourth-order valence-electron chi connectivity index (χ4n) is 3.50. The van der Waals surface area contributed by atoms with Crippen LogP contribution in [0.2, 0.25) is 15.1 Å². The lowest BCUT2D eigenvalue weighted by atomic mass is 10.0. The van der Waals surface area contributed by atoms with Crippen molar-refractivity contribution in [2.24, 2.45) is 0 Å². The third-order valence-corrected chi connectivity index (χ3v) is 7.37. The fraction of sp³-hybridized carbons (Fsp3) is 0.231. The molecule has 4 nitrogen and oxygen atoms in total. The minimum absolute atomic E-state index is 0.146. The fourth-order valence-corrected chi connectivity index (χ4v) is 5.02. The van der Waals surface area contributed by atoms with E-state index in [9.17, 15) is 9.59 Å². The normalized spacial score (nSPS) is 11.6. The number of carbonyl (C=O) groups is 2. The summed E-state index contributed by atoms with van der Waals surface area (Å²) in [6.45, 7) is 0.229. The Morgan fingerprint density at radius 2 is 1.59 bits per heavy atom. The van der Waals surface area contributed by atoms with Gasteiger partial charge in [-0.05, 0) is 34.9 Å². The van der Waals surface area contributed by atoms with Crippen molar-refractivity contribution in [2.75, 3.05) is 12.8 Å². The average molecular weight is 536 g/mol. The first-order chi connectivity index (χ1) is 16.4. The largest absolute Gasteiger partial charge is 0.357 e. The molecule has 8 heteroatoms. The van der Waals surface area contributed by atoms with Crippen molar-refractivity contribution in [3.05, 3.63) is 105 Å². The Morgan fingerprint density at radius 3 is 2.26 bits per heavy atom. The standard InChI is InChI=1S/C26H25Cl3N2O2S/c1-30-26(33)24(14-18-7-3-2-4-8-18)31(15-19-11-12-22(28)23(29)13-19)25(32)17-34-16-20-9-5-6-10-21(20)27/h2-13,24H,14-17H2,1H3,(H,30,33)/t24-/m0/s1. The molecule has 1 N–H and O–H groups in total. The van der Waals surface area contributed by atoms with E-state index in [-0.39, 0.29) is 24.1 Å². The first-order valence-electron chi connectivity index (χ1n) is 10.7. The van der Waals surface area contributed by atoms with Crippen LogP contribution < -0.4 is 5.32 Å². The van der Waals surface area contributed by atoms with Gasteiger partial charge in [0.1, 0.15) is 6.04 Å². The van der Waals surface area contributed by atoms with E-state index in [1.54, 1.807) is 24.1 Å². The van der Waals surface area contributed by atoms with Gasteiger partial charge in [-0.15, -0.1) is 11.8 Å². The van der Waals surface area contributed by atoms with Crippen LogP contribution in [0.3, 0.4) is 0 Å². The Balaban J connectivity index is 1.84. The van der Waals surface area contributed by atoms with Crippen molar-refractivity contribution in [3.8, 4) is 0 Å². The van der Waals surface area contributed by atoms with Crippen LogP contribution in [0.25, 0.3) is 0 Å². The van der Waals surface area contributed by atoms with Gasteiger partial charge in [0.2, 0.25) is 11.8 Å². The highest BCUT2D eigenvalue weighted by Crippen LogP contribution is 2.25. The molecule has 3 aromatic rings. The second-order valence-corrected chi connectivity index (χ2v) is 9.88. The van der Waals surface area contributed by atoms with Gasteiger partial charge in [-0.25, -0.2) is 0 Å². The monoisotopic (exact) mass is 534 g/mol. The number of hydrogen-bond acceptors (Lipinski definition) is 3. The number of hydrogen-bond donors (Lipinski definition) is 1. The molecule has 0 saturated carbocycles. The molecule has 0 spiro atoms. The minimum atomic E-state index is -0.685. The first kappa shape index (κ1) is 26.4. The molecule has 0 aliphatic heterocycles. The molecule has 3 aromatic carbocycles. The van der Waals surface area contributed by atoms with Crippen LogP contribution in [0, 0.1) is 0 Å². The molecular weight excluding hydrogens is 511 g/mol. The maximum absolute atomic E-state index is 13.5. The number of carbonyl (C=O) groups excluding carboxylic acids is 2. The highest BCUT2D eigenvalue weighted by atomic mass is 35.5. The second-order valence-electron chi connectivity index (χ2n) is 7.67. The SMILES string of the molecule is CNC(=O)[C@H](Cc1ccccc1)N(Cc1ccc(Cl)c(Cl)c1)C(=O)CSCc1ccccc1Cl. The molecule has 0 aromatic heterocycles. The van der Waals surface area contributed by atoms with Gasteiger partial charge in [-0.3, -0.25) is 9.59 Å². The molecule has 0 fully saturated rings. The first-order valence-corrected chi connectivity index (χ1v) is 13.0. The van der Waals surface area contributed by atoms with Crippen LogP contribution in [0.4, 0.5) is 0 Å². The van der Waals surface area contributed by atoms with Crippen molar-refractivity contribution >= 4 is 58.4 Å². The molecule has 1 atom stereocenters. The van der Waals surface area contributed by atoms with E-state index in [2.05, 4.69) is 5.32 Å². The van der Waals surface area contributed by atoms with Gasteiger partial charge in [0.05, 0.1) is 15.8 Å². The highest BCUT2D eigenvalue weighted by Gasteiger charge is 2.29. The maximum Gasteiger partial charge on any atom is 0.242 e. The van der Waals surface area contributed by atoms with E-state index >= 15 is 0 Å². The smallest absolute Gasteiger partial charge is 0.242 e. The van der Waals surface area contributed by atoms with Crippen LogP contribution in [-0.4, -0.2) is 35.6 Å². The molecule has 34 heavy (non-hydrogen) atoms. The third-order valence-electron chi connectivity index (χ3n) is 5.30. The molecule has 0 radical (unpaired) electrons. The molecule has 0 bridgehead atoms. The van der Waals surface area contributed by atoms with Gasteiger partial charge in [0.15, 0.2) is 0 Å². The zero-order valence-corrected chi connectivity index (χ0v) is 21.7. The van der Waals surface area contributed by atoms with Crippen LogP contribution in [0.15, 0.2) is 72.8 Å². The van der Waals surface area contributed by atoms with Crippen LogP contribution in [0.5, 0.6) is 0 Å². The number of likely N-dealkylation sites (N-methyl/N-ethyl adjacent to an activating group) is 1. The van der Waals surface area contributed by atoms with Gasteiger partial charge in [0, 0.05) is 30.8 Å². The van der Waals surface area contributed by atoms with E-state index in [0.717, 1.165) is 16.7 Å². The quantitative estimate of drug-likeness (QED) is 0.333. The summed E-state index contributed by atoms with van der Waals surface area (Å²) in [4.78, 5) is 28.0. The number of amides is 2. The van der Waals surface area contributed by atoms with Gasteiger partial charge in [-0.2, -0.15) is 0 Å². The van der Waals surface area contributed by atoms with Crippen molar-refractivity contribution < 1.29 is 9.59 Å². The Hall–Kier alpha value is -2.18. The van der Waals surface area contributed by atoms with Crippen molar-refractivity contribution in [3.63, 3.8) is 0 Å². The topological polar surface area (TPSA) is 49.4 Å². The van der Waals surface area contributed by atoms with Crippen molar-refractivity contribution in [2.45, 2.75) is 24.8 Å². The van der Waals surface area contributed by atoms with Crippen LogP contribution in [0.1, 0.15) is 16.7 Å². The summed E-state index contributed by atoms with van der Waals surface area (Å²) in [7, 11) is 1.58.